The number of benzene rings is 1. The third-order valence-corrected chi connectivity index (χ3v) is 5.11. The Bertz CT molecular complexity index is 974. The van der Waals surface area contributed by atoms with E-state index in [1.165, 1.54) is 18.1 Å². The van der Waals surface area contributed by atoms with Gasteiger partial charge in [-0.05, 0) is 0 Å². The Labute approximate surface area is 152 Å². The zero-order valence-electron chi connectivity index (χ0n) is 14.3. The Morgan fingerprint density at radius 2 is 2.37 bits per heavy atom. The quantitative estimate of drug-likeness (QED) is 0.856. The van der Waals surface area contributed by atoms with Crippen molar-refractivity contribution in [2.75, 3.05) is 18.6 Å². The molecule has 0 saturated carbocycles. The Morgan fingerprint density at radius 1 is 1.52 bits per heavy atom. The van der Waals surface area contributed by atoms with Gasteiger partial charge in [0.1, 0.15) is 18.4 Å². The van der Waals surface area contributed by atoms with Gasteiger partial charge in [-0.2, -0.15) is 0 Å². The average Bonchev–Trinajstić information content (AvgIpc) is 3.35. The SMILES string of the molecule is COC(=O)NCC1OC(=O)N2c3cc(F)c4c(c3C[C@@H]12)OCc1nccn1-4. The lowest BCUT2D eigenvalue weighted by molar-refractivity contribution is 0.123. The van der Waals surface area contributed by atoms with E-state index in [0.717, 1.165) is 5.56 Å². The monoisotopic (exact) mass is 374 g/mol. The number of imidazole rings is 1. The van der Waals surface area contributed by atoms with Gasteiger partial charge in [-0.25, -0.2) is 19.0 Å². The number of rotatable bonds is 2. The summed E-state index contributed by atoms with van der Waals surface area (Å²) < 4.78 is 32.2. The van der Waals surface area contributed by atoms with Crippen LogP contribution >= 0.6 is 0 Å². The smallest absolute Gasteiger partial charge is 0.415 e. The van der Waals surface area contributed by atoms with Crippen LogP contribution < -0.4 is 15.0 Å². The minimum absolute atomic E-state index is 0.102. The number of hydrogen-bond donors (Lipinski definition) is 1. The molecule has 5 rings (SSSR count). The average molecular weight is 374 g/mol. The van der Waals surface area contributed by atoms with Crippen LogP contribution in [0.5, 0.6) is 5.75 Å². The van der Waals surface area contributed by atoms with Crippen LogP contribution in [0.15, 0.2) is 18.5 Å². The zero-order valence-corrected chi connectivity index (χ0v) is 14.3. The number of halogens is 1. The molecule has 2 amide bonds. The lowest BCUT2D eigenvalue weighted by Crippen LogP contribution is -2.40. The maximum Gasteiger partial charge on any atom is 0.415 e. The van der Waals surface area contributed by atoms with E-state index in [2.05, 4.69) is 15.0 Å². The molecule has 1 unspecified atom stereocenters. The van der Waals surface area contributed by atoms with Gasteiger partial charge in [-0.3, -0.25) is 9.47 Å². The normalized spacial score (nSPS) is 21.6. The van der Waals surface area contributed by atoms with E-state index < -0.39 is 24.1 Å². The van der Waals surface area contributed by atoms with E-state index in [4.69, 9.17) is 9.47 Å². The first-order valence-corrected chi connectivity index (χ1v) is 8.41. The van der Waals surface area contributed by atoms with Crippen LogP contribution in [0.2, 0.25) is 0 Å². The van der Waals surface area contributed by atoms with Crippen molar-refractivity contribution in [2.24, 2.45) is 0 Å². The molecular weight excluding hydrogens is 359 g/mol. The van der Waals surface area contributed by atoms with Gasteiger partial charge in [-0.1, -0.05) is 0 Å². The first-order valence-electron chi connectivity index (χ1n) is 8.41. The number of nitrogens with zero attached hydrogens (tertiary/aromatic N) is 3. The predicted molar refractivity (Wildman–Crippen MR) is 88.5 cm³/mol. The molecule has 0 aliphatic carbocycles. The molecule has 0 spiro atoms. The highest BCUT2D eigenvalue weighted by Gasteiger charge is 2.49. The van der Waals surface area contributed by atoms with Crippen LogP contribution in [-0.4, -0.2) is 47.5 Å². The van der Waals surface area contributed by atoms with Crippen molar-refractivity contribution in [3.05, 3.63) is 35.7 Å². The Morgan fingerprint density at radius 3 is 3.19 bits per heavy atom. The highest BCUT2D eigenvalue weighted by atomic mass is 19.1. The van der Waals surface area contributed by atoms with Crippen molar-refractivity contribution < 1.29 is 28.2 Å². The van der Waals surface area contributed by atoms with Gasteiger partial charge < -0.3 is 19.5 Å². The number of methoxy groups -OCH3 is 1. The van der Waals surface area contributed by atoms with E-state index in [1.54, 1.807) is 17.0 Å². The Balaban J connectivity index is 1.53. The molecule has 10 heteroatoms. The third-order valence-electron chi connectivity index (χ3n) is 5.11. The molecule has 0 bridgehead atoms. The summed E-state index contributed by atoms with van der Waals surface area (Å²) in [7, 11) is 1.25. The van der Waals surface area contributed by atoms with Gasteiger partial charge in [0.2, 0.25) is 0 Å². The van der Waals surface area contributed by atoms with Crippen LogP contribution in [0.3, 0.4) is 0 Å². The summed E-state index contributed by atoms with van der Waals surface area (Å²) >= 11 is 0. The van der Waals surface area contributed by atoms with Crippen molar-refractivity contribution in [3.63, 3.8) is 0 Å². The number of nitrogens with one attached hydrogen (secondary N) is 1. The second-order valence-corrected chi connectivity index (χ2v) is 6.47. The molecular formula is C17H15FN4O5. The molecule has 1 N–H and O–H groups in total. The van der Waals surface area contributed by atoms with E-state index in [-0.39, 0.29) is 19.2 Å². The van der Waals surface area contributed by atoms with Crippen LogP contribution in [0.25, 0.3) is 5.69 Å². The molecule has 1 aromatic carbocycles. The molecule has 140 valence electrons. The summed E-state index contributed by atoms with van der Waals surface area (Å²) in [4.78, 5) is 29.3. The summed E-state index contributed by atoms with van der Waals surface area (Å²) in [5, 5.41) is 2.53. The number of cyclic esters (lactones) is 1. The summed E-state index contributed by atoms with van der Waals surface area (Å²) in [6.07, 6.45) is 1.94. The third kappa shape index (κ3) is 2.19. The lowest BCUT2D eigenvalue weighted by atomic mass is 10.0. The van der Waals surface area contributed by atoms with Crippen LogP contribution in [0, 0.1) is 5.82 Å². The first-order chi connectivity index (χ1) is 13.1. The number of hydrogen-bond acceptors (Lipinski definition) is 6. The molecule has 0 radical (unpaired) electrons. The Hall–Kier alpha value is -3.30. The predicted octanol–water partition coefficient (Wildman–Crippen LogP) is 1.51. The number of anilines is 1. The highest BCUT2D eigenvalue weighted by Crippen LogP contribution is 2.47. The summed E-state index contributed by atoms with van der Waals surface area (Å²) in [6, 6.07) is 0.965. The van der Waals surface area contributed by atoms with E-state index in [0.29, 0.717) is 29.4 Å². The fourth-order valence-electron chi connectivity index (χ4n) is 3.93. The summed E-state index contributed by atoms with van der Waals surface area (Å²) in [5.74, 6) is 0.518. The fraction of sp³-hybridized carbons (Fsp3) is 0.353. The molecule has 27 heavy (non-hydrogen) atoms. The van der Waals surface area contributed by atoms with Crippen LogP contribution in [-0.2, 0) is 22.5 Å². The molecule has 2 atom stereocenters. The summed E-state index contributed by atoms with van der Waals surface area (Å²) in [6.45, 7) is 0.323. The van der Waals surface area contributed by atoms with Crippen LogP contribution in [0.1, 0.15) is 11.4 Å². The maximum absolute atomic E-state index is 14.9. The molecule has 3 aliphatic rings. The fourth-order valence-corrected chi connectivity index (χ4v) is 3.93. The zero-order chi connectivity index (χ0) is 18.7. The molecule has 4 heterocycles. The molecule has 2 aromatic rings. The maximum atomic E-state index is 14.9. The first kappa shape index (κ1) is 15.9. The minimum atomic E-state index is -0.612. The van der Waals surface area contributed by atoms with Gasteiger partial charge >= 0.3 is 12.2 Å². The number of amides is 2. The Kier molecular flexibility index (Phi) is 3.30. The standard InChI is InChI=1S/C17H15FN4O5/c1-25-16(23)20-6-12-11-4-8-10(22(11)17(24)27-12)5-9(18)14-15(8)26-7-13-19-2-3-21(13)14/h2-3,5,11-12H,4,6-7H2,1H3,(H,20,23)/t11-,12?/m0/s1. The second kappa shape index (κ2) is 5.60. The number of carbonyl (C=O) groups is 2. The van der Waals surface area contributed by atoms with Gasteiger partial charge in [0.25, 0.3) is 0 Å². The largest absolute Gasteiger partial charge is 0.483 e. The second-order valence-electron chi connectivity index (χ2n) is 6.47. The lowest BCUT2D eigenvalue weighted by Gasteiger charge is -2.23. The van der Waals surface area contributed by atoms with Crippen molar-refractivity contribution in [1.82, 2.24) is 14.9 Å². The van der Waals surface area contributed by atoms with E-state index in [1.807, 2.05) is 0 Å². The van der Waals surface area contributed by atoms with E-state index >= 15 is 0 Å². The van der Waals surface area contributed by atoms with Crippen molar-refractivity contribution >= 4 is 17.9 Å². The summed E-state index contributed by atoms with van der Waals surface area (Å²) in [5.41, 5.74) is 1.48. The van der Waals surface area contributed by atoms with Crippen LogP contribution in [0.4, 0.5) is 19.7 Å². The molecule has 1 saturated heterocycles. The molecule has 1 fully saturated rings. The van der Waals surface area contributed by atoms with Gasteiger partial charge in [0.15, 0.2) is 17.4 Å². The number of ether oxygens (including phenoxy) is 3. The number of fused-ring (bicyclic) bond motifs is 7. The van der Waals surface area contributed by atoms with Crippen molar-refractivity contribution in [3.8, 4) is 11.4 Å². The highest BCUT2D eigenvalue weighted by molar-refractivity contribution is 5.95. The number of alkyl carbamates (subject to hydrolysis) is 1. The van der Waals surface area contributed by atoms with Crippen molar-refractivity contribution in [2.45, 2.75) is 25.2 Å². The minimum Gasteiger partial charge on any atom is -0.483 e. The van der Waals surface area contributed by atoms with Gasteiger partial charge in [0.05, 0.1) is 25.4 Å². The number of carbonyl (C=O) groups excluding carboxylic acids is 2. The van der Waals surface area contributed by atoms with Gasteiger partial charge in [0, 0.05) is 30.4 Å². The molecule has 1 aromatic heterocycles. The molecule has 3 aliphatic heterocycles. The molecule has 9 nitrogen and oxygen atoms in total. The van der Waals surface area contributed by atoms with Gasteiger partial charge in [-0.15, -0.1) is 0 Å². The number of aromatic nitrogens is 2. The van der Waals surface area contributed by atoms with Crippen molar-refractivity contribution in [1.29, 1.82) is 0 Å². The topological polar surface area (TPSA) is 94.9 Å². The van der Waals surface area contributed by atoms with E-state index in [9.17, 15) is 14.0 Å².